The third kappa shape index (κ3) is 6.02. The van der Waals surface area contributed by atoms with Crippen molar-refractivity contribution in [1.82, 2.24) is 9.80 Å². The number of rotatable bonds is 14. The minimum absolute atomic E-state index is 0.0517. The molecule has 3 aliphatic heterocycles. The molecule has 8 nitrogen and oxygen atoms in total. The lowest BCUT2D eigenvalue weighted by Gasteiger charge is -2.43. The third-order valence-corrected chi connectivity index (χ3v) is 12.7. The number of benzene rings is 1. The summed E-state index contributed by atoms with van der Waals surface area (Å²) in [5.41, 5.74) is 0.719. The summed E-state index contributed by atoms with van der Waals surface area (Å²) in [6, 6.07) is 6.32. The number of anilines is 1. The SMILES string of the molecule is C=CCN(C(=O)[C@H]1[C@H]2C(=O)N([C@@H](CO)CC(C)C)C(C(=O)N(CC=C)C3CCCCC3)C23CC[C@]1(C)S3)c1ccc(OCC)cc1. The van der Waals surface area contributed by atoms with E-state index in [-0.39, 0.29) is 36.3 Å². The molecule has 252 valence electrons. The van der Waals surface area contributed by atoms with Gasteiger partial charge in [0, 0.05) is 29.6 Å². The molecule has 3 heterocycles. The standard InChI is InChI=1S/C37H53N3O5S/c1-7-21-38(27-15-17-29(18-16-27)45-9-3)33(42)30-31-34(43)40(28(24-41)23-25(4)5)32(37(31)20-19-36(30,6)46-37)35(44)39(22-8-2)26-13-11-10-12-14-26/h7-8,15-18,25-26,28,30-32,41H,1-2,9-14,19-24H2,3-6H3/t28-,30-,31+,32?,36+,37?/m1/s1. The van der Waals surface area contributed by atoms with Gasteiger partial charge in [0.25, 0.3) is 0 Å². The van der Waals surface area contributed by atoms with Crippen LogP contribution in [0.4, 0.5) is 5.69 Å². The molecule has 3 saturated heterocycles. The largest absolute Gasteiger partial charge is 0.494 e. The number of amides is 3. The summed E-state index contributed by atoms with van der Waals surface area (Å²) in [7, 11) is 0. The molecule has 1 N–H and O–H groups in total. The lowest BCUT2D eigenvalue weighted by Crippen LogP contribution is -2.59. The highest BCUT2D eigenvalue weighted by molar-refractivity contribution is 8.02. The van der Waals surface area contributed by atoms with Crippen LogP contribution >= 0.6 is 11.8 Å². The molecular weight excluding hydrogens is 598 g/mol. The highest BCUT2D eigenvalue weighted by Gasteiger charge is 2.78. The average molecular weight is 652 g/mol. The van der Waals surface area contributed by atoms with E-state index in [1.807, 2.05) is 36.1 Å². The van der Waals surface area contributed by atoms with Gasteiger partial charge in [0.15, 0.2) is 0 Å². The van der Waals surface area contributed by atoms with Gasteiger partial charge >= 0.3 is 0 Å². The molecule has 3 amide bonds. The number of likely N-dealkylation sites (tertiary alicyclic amines) is 1. The van der Waals surface area contributed by atoms with Crippen molar-refractivity contribution in [3.63, 3.8) is 0 Å². The van der Waals surface area contributed by atoms with Crippen LogP contribution in [0.25, 0.3) is 0 Å². The summed E-state index contributed by atoms with van der Waals surface area (Å²) < 4.78 is 4.38. The maximum Gasteiger partial charge on any atom is 0.247 e. The molecule has 1 saturated carbocycles. The number of carbonyl (C=O) groups excluding carboxylic acids is 3. The van der Waals surface area contributed by atoms with Crippen LogP contribution in [-0.4, -0.2) is 86.6 Å². The van der Waals surface area contributed by atoms with Gasteiger partial charge in [-0.2, -0.15) is 0 Å². The van der Waals surface area contributed by atoms with E-state index in [4.69, 9.17) is 4.74 Å². The fourth-order valence-electron chi connectivity index (χ4n) is 8.85. The summed E-state index contributed by atoms with van der Waals surface area (Å²) in [5.74, 6) is -0.681. The molecule has 1 aromatic rings. The number of ether oxygens (including phenoxy) is 1. The van der Waals surface area contributed by atoms with Gasteiger partial charge in [-0.3, -0.25) is 14.4 Å². The number of fused-ring (bicyclic) bond motifs is 1. The van der Waals surface area contributed by atoms with E-state index in [2.05, 4.69) is 33.9 Å². The zero-order chi connectivity index (χ0) is 33.2. The summed E-state index contributed by atoms with van der Waals surface area (Å²) in [4.78, 5) is 50.2. The van der Waals surface area contributed by atoms with Crippen molar-refractivity contribution < 1.29 is 24.2 Å². The van der Waals surface area contributed by atoms with Crippen molar-refractivity contribution in [3.05, 3.63) is 49.6 Å². The van der Waals surface area contributed by atoms with E-state index < -0.39 is 33.4 Å². The Kier molecular flexibility index (Phi) is 10.6. The van der Waals surface area contributed by atoms with Crippen LogP contribution in [0.5, 0.6) is 5.75 Å². The zero-order valence-electron chi connectivity index (χ0n) is 28.2. The molecular formula is C37H53N3O5S. The zero-order valence-corrected chi connectivity index (χ0v) is 29.0. The van der Waals surface area contributed by atoms with Crippen LogP contribution in [0.15, 0.2) is 49.6 Å². The van der Waals surface area contributed by atoms with E-state index >= 15 is 4.79 Å². The third-order valence-electron chi connectivity index (χ3n) is 10.7. The van der Waals surface area contributed by atoms with E-state index in [0.29, 0.717) is 32.5 Å². The molecule has 4 fully saturated rings. The summed E-state index contributed by atoms with van der Waals surface area (Å²) >= 11 is 1.69. The normalized spacial score (nSPS) is 29.5. The molecule has 1 aliphatic carbocycles. The van der Waals surface area contributed by atoms with Crippen LogP contribution in [-0.2, 0) is 14.4 Å². The molecule has 6 atom stereocenters. The van der Waals surface area contributed by atoms with Crippen molar-refractivity contribution in [3.8, 4) is 5.75 Å². The summed E-state index contributed by atoms with van der Waals surface area (Å²) in [5, 5.41) is 10.7. The van der Waals surface area contributed by atoms with Crippen LogP contribution < -0.4 is 9.64 Å². The van der Waals surface area contributed by atoms with Gasteiger partial charge in [-0.05, 0) is 76.1 Å². The molecule has 0 radical (unpaired) electrons. The first-order chi connectivity index (χ1) is 22.1. The van der Waals surface area contributed by atoms with Gasteiger partial charge in [-0.1, -0.05) is 45.3 Å². The highest BCUT2D eigenvalue weighted by atomic mass is 32.2. The smallest absolute Gasteiger partial charge is 0.247 e. The number of aliphatic hydroxyl groups excluding tert-OH is 1. The van der Waals surface area contributed by atoms with Gasteiger partial charge in [-0.15, -0.1) is 24.9 Å². The Morgan fingerprint density at radius 2 is 1.76 bits per heavy atom. The topological polar surface area (TPSA) is 90.4 Å². The molecule has 5 rings (SSSR count). The van der Waals surface area contributed by atoms with Crippen LogP contribution in [0, 0.1) is 17.8 Å². The number of aliphatic hydroxyl groups is 1. The van der Waals surface area contributed by atoms with E-state index in [1.165, 1.54) is 6.42 Å². The Labute approximate surface area is 279 Å². The molecule has 46 heavy (non-hydrogen) atoms. The van der Waals surface area contributed by atoms with Crippen molar-refractivity contribution >= 4 is 35.2 Å². The first-order valence-corrected chi connectivity index (χ1v) is 18.1. The first kappa shape index (κ1) is 34.6. The second-order valence-corrected chi connectivity index (χ2v) is 16.1. The fraction of sp³-hybridized carbons (Fsp3) is 0.649. The maximum atomic E-state index is 15.0. The number of hydrogen-bond acceptors (Lipinski definition) is 6. The van der Waals surface area contributed by atoms with Gasteiger partial charge in [-0.25, -0.2) is 0 Å². The predicted molar refractivity (Wildman–Crippen MR) is 185 cm³/mol. The van der Waals surface area contributed by atoms with E-state index in [9.17, 15) is 14.7 Å². The monoisotopic (exact) mass is 651 g/mol. The van der Waals surface area contributed by atoms with Gasteiger partial charge in [0.05, 0.1) is 35.8 Å². The second-order valence-electron chi connectivity index (χ2n) is 14.2. The average Bonchev–Trinajstić information content (AvgIpc) is 3.62. The molecule has 2 bridgehead atoms. The molecule has 1 aromatic carbocycles. The Morgan fingerprint density at radius 1 is 1.09 bits per heavy atom. The predicted octanol–water partition coefficient (Wildman–Crippen LogP) is 5.84. The molecule has 4 aliphatic rings. The minimum Gasteiger partial charge on any atom is -0.494 e. The van der Waals surface area contributed by atoms with Crippen molar-refractivity contribution in [2.24, 2.45) is 17.8 Å². The maximum absolute atomic E-state index is 15.0. The van der Waals surface area contributed by atoms with Crippen molar-refractivity contribution in [2.75, 3.05) is 31.2 Å². The highest BCUT2D eigenvalue weighted by Crippen LogP contribution is 2.72. The van der Waals surface area contributed by atoms with Crippen LogP contribution in [0.3, 0.4) is 0 Å². The quantitative estimate of drug-likeness (QED) is 0.254. The fourth-order valence-corrected chi connectivity index (χ4v) is 11.2. The molecule has 9 heteroatoms. The van der Waals surface area contributed by atoms with E-state index in [1.54, 1.807) is 33.7 Å². The first-order valence-electron chi connectivity index (χ1n) is 17.3. The summed E-state index contributed by atoms with van der Waals surface area (Å²) in [6.07, 6.45) is 10.7. The Hall–Kier alpha value is -2.78. The number of nitrogens with zero attached hydrogens (tertiary/aromatic N) is 3. The van der Waals surface area contributed by atoms with E-state index in [0.717, 1.165) is 43.5 Å². The number of hydrogen-bond donors (Lipinski definition) is 1. The Balaban J connectivity index is 1.58. The van der Waals surface area contributed by atoms with Gasteiger partial charge in [0.2, 0.25) is 17.7 Å². The van der Waals surface area contributed by atoms with Crippen LogP contribution in [0.1, 0.15) is 79.1 Å². The molecule has 2 unspecified atom stereocenters. The Morgan fingerprint density at radius 3 is 2.35 bits per heavy atom. The number of thioether (sulfide) groups is 1. The lowest BCUT2D eigenvalue weighted by molar-refractivity contribution is -0.147. The lowest BCUT2D eigenvalue weighted by atomic mass is 9.66. The van der Waals surface area contributed by atoms with Gasteiger partial charge in [0.1, 0.15) is 11.8 Å². The Bertz CT molecular complexity index is 1300. The minimum atomic E-state index is -0.750. The second kappa shape index (κ2) is 14.1. The molecule has 1 spiro atoms. The van der Waals surface area contributed by atoms with Gasteiger partial charge < -0.3 is 24.5 Å². The number of carbonyl (C=O) groups is 3. The van der Waals surface area contributed by atoms with Crippen molar-refractivity contribution in [2.45, 2.75) is 107 Å². The summed E-state index contributed by atoms with van der Waals surface area (Å²) in [6.45, 7) is 17.1. The van der Waals surface area contributed by atoms with Crippen LogP contribution in [0.2, 0.25) is 0 Å². The van der Waals surface area contributed by atoms with Crippen molar-refractivity contribution in [1.29, 1.82) is 0 Å². The molecule has 0 aromatic heterocycles.